The zero-order valence-electron chi connectivity index (χ0n) is 18.0. The Balaban J connectivity index is 2.40. The number of anilines is 1. The first-order valence-electron chi connectivity index (χ1n) is 10.1. The quantitative estimate of drug-likeness (QED) is 0.490. The fourth-order valence-corrected chi connectivity index (χ4v) is 4.30. The largest absolute Gasteiger partial charge is 0.463 e. The molecule has 1 heterocycles. The third-order valence-corrected chi connectivity index (χ3v) is 5.95. The molecule has 2 aromatic rings. The molecule has 1 unspecified atom stereocenters. The molecule has 0 spiro atoms. The number of nitriles is 1. The first-order chi connectivity index (χ1) is 15.8. The van der Waals surface area contributed by atoms with Crippen LogP contribution in [0.1, 0.15) is 25.3 Å². The van der Waals surface area contributed by atoms with Gasteiger partial charge in [0.1, 0.15) is 11.5 Å². The van der Waals surface area contributed by atoms with E-state index in [-0.39, 0.29) is 35.9 Å². The van der Waals surface area contributed by atoms with Gasteiger partial charge in [0.15, 0.2) is 0 Å². The third-order valence-electron chi connectivity index (χ3n) is 4.92. The van der Waals surface area contributed by atoms with Gasteiger partial charge in [0, 0.05) is 14.6 Å². The van der Waals surface area contributed by atoms with E-state index in [1.54, 1.807) is 56.3 Å². The summed E-state index contributed by atoms with van der Waals surface area (Å²) in [5.74, 6) is -2.37. The molecule has 0 radical (unpaired) electrons. The van der Waals surface area contributed by atoms with Gasteiger partial charge in [-0.05, 0) is 55.8 Å². The number of hydrogen-bond acceptors (Lipinski definition) is 7. The van der Waals surface area contributed by atoms with Gasteiger partial charge in [0.05, 0.1) is 36.3 Å². The molecule has 1 aliphatic heterocycles. The van der Waals surface area contributed by atoms with Gasteiger partial charge in [0.25, 0.3) is 0 Å². The van der Waals surface area contributed by atoms with Gasteiger partial charge >= 0.3 is 11.9 Å². The van der Waals surface area contributed by atoms with Crippen LogP contribution in [0.5, 0.6) is 0 Å². The summed E-state index contributed by atoms with van der Waals surface area (Å²) in [6, 6.07) is 16.2. The van der Waals surface area contributed by atoms with Crippen LogP contribution in [0.15, 0.2) is 80.1 Å². The summed E-state index contributed by atoms with van der Waals surface area (Å²) < 4.78 is 12.2. The number of hydrogen-bond donors (Lipinski definition) is 1. The number of allylic oxidation sites excluding steroid dienone is 1. The van der Waals surface area contributed by atoms with Crippen LogP contribution in [-0.4, -0.2) is 25.2 Å². The number of nitrogens with zero attached hydrogens (tertiary/aromatic N) is 2. The molecule has 1 aliphatic rings. The van der Waals surface area contributed by atoms with E-state index in [2.05, 4.69) is 37.9 Å². The van der Waals surface area contributed by atoms with Gasteiger partial charge in [-0.3, -0.25) is 4.90 Å². The molecule has 2 N–H and O–H groups in total. The smallest absolute Gasteiger partial charge is 0.355 e. The van der Waals surface area contributed by atoms with Gasteiger partial charge in [-0.15, -0.1) is 0 Å². The van der Waals surface area contributed by atoms with Crippen LogP contribution in [0.2, 0.25) is 0 Å². The Hall–Kier alpha value is -3.09. The summed E-state index contributed by atoms with van der Waals surface area (Å²) >= 11 is 6.81. The van der Waals surface area contributed by atoms with Crippen molar-refractivity contribution in [3.05, 3.63) is 85.7 Å². The zero-order valence-corrected chi connectivity index (χ0v) is 21.1. The molecule has 7 nitrogen and oxygen atoms in total. The lowest BCUT2D eigenvalue weighted by molar-refractivity contribution is -0.142. The number of halogens is 2. The summed E-state index contributed by atoms with van der Waals surface area (Å²) in [5.41, 5.74) is 7.61. The predicted octanol–water partition coefficient (Wildman–Crippen LogP) is 4.89. The second-order valence-corrected chi connectivity index (χ2v) is 8.75. The highest BCUT2D eigenvalue weighted by Crippen LogP contribution is 2.43. The van der Waals surface area contributed by atoms with E-state index < -0.39 is 17.9 Å². The summed E-state index contributed by atoms with van der Waals surface area (Å²) in [4.78, 5) is 27.9. The van der Waals surface area contributed by atoms with Gasteiger partial charge in [-0.2, -0.15) is 5.26 Å². The van der Waals surface area contributed by atoms with E-state index in [1.807, 2.05) is 6.07 Å². The van der Waals surface area contributed by atoms with E-state index in [1.165, 1.54) is 4.90 Å². The summed E-state index contributed by atoms with van der Waals surface area (Å²) in [6.45, 7) is 3.51. The van der Waals surface area contributed by atoms with Crippen molar-refractivity contribution in [2.45, 2.75) is 19.8 Å². The van der Waals surface area contributed by atoms with Crippen LogP contribution in [0.4, 0.5) is 5.69 Å². The topological polar surface area (TPSA) is 106 Å². The lowest BCUT2D eigenvalue weighted by Gasteiger charge is -2.36. The molecule has 0 saturated carbocycles. The van der Waals surface area contributed by atoms with Crippen LogP contribution < -0.4 is 10.6 Å². The molecule has 0 bridgehead atoms. The van der Waals surface area contributed by atoms with Crippen molar-refractivity contribution in [3.8, 4) is 6.07 Å². The van der Waals surface area contributed by atoms with Crippen molar-refractivity contribution in [2.24, 2.45) is 5.73 Å². The highest BCUT2D eigenvalue weighted by molar-refractivity contribution is 9.10. The number of ether oxygens (including phenoxy) is 2. The second kappa shape index (κ2) is 10.7. The van der Waals surface area contributed by atoms with Crippen LogP contribution in [0, 0.1) is 11.3 Å². The normalized spacial score (nSPS) is 15.8. The molecule has 0 amide bonds. The Labute approximate surface area is 208 Å². The van der Waals surface area contributed by atoms with E-state index in [4.69, 9.17) is 15.2 Å². The minimum atomic E-state index is -0.919. The predicted molar refractivity (Wildman–Crippen MR) is 131 cm³/mol. The first-order valence-corrected chi connectivity index (χ1v) is 11.7. The van der Waals surface area contributed by atoms with Crippen LogP contribution in [-0.2, 0) is 19.1 Å². The molecule has 170 valence electrons. The molecule has 0 aromatic heterocycles. The second-order valence-electron chi connectivity index (χ2n) is 6.91. The lowest BCUT2D eigenvalue weighted by atomic mass is 9.81. The molecule has 33 heavy (non-hydrogen) atoms. The third kappa shape index (κ3) is 4.97. The molecule has 3 rings (SSSR count). The van der Waals surface area contributed by atoms with Crippen molar-refractivity contribution in [2.75, 3.05) is 18.1 Å². The maximum Gasteiger partial charge on any atom is 0.355 e. The maximum absolute atomic E-state index is 13.3. The van der Waals surface area contributed by atoms with Crippen LogP contribution in [0.3, 0.4) is 0 Å². The monoisotopic (exact) mass is 573 g/mol. The van der Waals surface area contributed by atoms with E-state index in [9.17, 15) is 14.9 Å². The Morgan fingerprint density at radius 3 is 2.24 bits per heavy atom. The van der Waals surface area contributed by atoms with Crippen LogP contribution in [0.25, 0.3) is 0 Å². The minimum Gasteiger partial charge on any atom is -0.463 e. The molecule has 0 fully saturated rings. The van der Waals surface area contributed by atoms with Crippen molar-refractivity contribution in [1.82, 2.24) is 0 Å². The Morgan fingerprint density at radius 2 is 1.67 bits per heavy atom. The van der Waals surface area contributed by atoms with Gasteiger partial charge in [0.2, 0.25) is 0 Å². The Kier molecular flexibility index (Phi) is 7.95. The maximum atomic E-state index is 13.3. The fourth-order valence-electron chi connectivity index (χ4n) is 3.61. The Bertz CT molecular complexity index is 1180. The summed E-state index contributed by atoms with van der Waals surface area (Å²) in [6.07, 6.45) is 0. The molecular weight excluding hydrogens is 554 g/mol. The van der Waals surface area contributed by atoms with Gasteiger partial charge in [-0.1, -0.05) is 44.0 Å². The number of rotatable bonds is 6. The van der Waals surface area contributed by atoms with Crippen molar-refractivity contribution < 1.29 is 19.1 Å². The molecule has 2 aromatic carbocycles. The standard InChI is InChI=1S/C24H21Br2N3O4/c1-3-32-23(30)20-19(14-6-5-7-16(26)12-14)18(13-27)22(28)29(21(20)24(31)33-4-2)17-10-8-15(25)9-11-17/h5-12,19H,3-4,28H2,1-2H3. The molecule has 0 aliphatic carbocycles. The molecule has 1 atom stereocenters. The van der Waals surface area contributed by atoms with E-state index in [0.717, 1.165) is 8.95 Å². The first kappa shape index (κ1) is 24.6. The van der Waals surface area contributed by atoms with E-state index >= 15 is 0 Å². The summed E-state index contributed by atoms with van der Waals surface area (Å²) in [7, 11) is 0. The lowest BCUT2D eigenvalue weighted by Crippen LogP contribution is -2.41. The molecular formula is C24H21Br2N3O4. The average molecular weight is 575 g/mol. The average Bonchev–Trinajstić information content (AvgIpc) is 2.79. The Morgan fingerprint density at radius 1 is 1.03 bits per heavy atom. The fraction of sp³-hybridized carbons (Fsp3) is 0.208. The molecule has 9 heteroatoms. The van der Waals surface area contributed by atoms with Crippen molar-refractivity contribution >= 4 is 49.5 Å². The van der Waals surface area contributed by atoms with Crippen molar-refractivity contribution in [1.29, 1.82) is 5.26 Å². The molecule has 0 saturated heterocycles. The van der Waals surface area contributed by atoms with Crippen LogP contribution >= 0.6 is 31.9 Å². The number of esters is 2. The number of benzene rings is 2. The van der Waals surface area contributed by atoms with Gasteiger partial charge < -0.3 is 15.2 Å². The highest BCUT2D eigenvalue weighted by Gasteiger charge is 2.43. The van der Waals surface area contributed by atoms with Crippen molar-refractivity contribution in [3.63, 3.8) is 0 Å². The number of carbonyl (C=O) groups excluding carboxylic acids is 2. The zero-order chi connectivity index (χ0) is 24.1. The minimum absolute atomic E-state index is 0.0120. The SMILES string of the molecule is CCOC(=O)C1=C(C(=O)OCC)N(c2ccc(Br)cc2)C(N)=C(C#N)C1c1cccc(Br)c1. The van der Waals surface area contributed by atoms with Gasteiger partial charge in [-0.25, -0.2) is 9.59 Å². The summed E-state index contributed by atoms with van der Waals surface area (Å²) in [5, 5.41) is 10.1. The highest BCUT2D eigenvalue weighted by atomic mass is 79.9. The van der Waals surface area contributed by atoms with E-state index in [0.29, 0.717) is 11.3 Å². The number of nitrogens with two attached hydrogens (primary N) is 1. The number of carbonyl (C=O) groups is 2.